The molecule has 1 aliphatic rings. The van der Waals surface area contributed by atoms with Crippen LogP contribution in [-0.2, 0) is 0 Å². The fraction of sp³-hybridized carbons (Fsp3) is 0.562. The van der Waals surface area contributed by atoms with Crippen LogP contribution in [0.4, 0.5) is 16.2 Å². The summed E-state index contributed by atoms with van der Waals surface area (Å²) in [6.07, 6.45) is 3.02. The average Bonchev–Trinajstić information content (AvgIpc) is 3.01. The Hall–Kier alpha value is -1.46. The van der Waals surface area contributed by atoms with Crippen molar-refractivity contribution in [3.63, 3.8) is 0 Å². The quantitative estimate of drug-likeness (QED) is 0.778. The molecule has 122 valence electrons. The molecule has 1 atom stereocenters. The highest BCUT2D eigenvalue weighted by Gasteiger charge is 2.23. The molecule has 2 rings (SSSR count). The molecular weight excluding hydrogens is 302 g/mol. The lowest BCUT2D eigenvalue weighted by atomic mass is 10.0. The number of urea groups is 1. The topological polar surface area (TPSA) is 64.6 Å². The molecule has 1 aliphatic heterocycles. The van der Waals surface area contributed by atoms with Gasteiger partial charge < -0.3 is 20.6 Å². The van der Waals surface area contributed by atoms with Crippen molar-refractivity contribution in [1.29, 1.82) is 0 Å². The second-order valence-electron chi connectivity index (χ2n) is 6.01. The van der Waals surface area contributed by atoms with Crippen molar-refractivity contribution >= 4 is 29.0 Å². The van der Waals surface area contributed by atoms with Gasteiger partial charge in [-0.15, -0.1) is 0 Å². The summed E-state index contributed by atoms with van der Waals surface area (Å²) >= 11 is 6.33. The predicted molar refractivity (Wildman–Crippen MR) is 90.8 cm³/mol. The number of aliphatic hydroxyl groups is 1. The van der Waals surface area contributed by atoms with Gasteiger partial charge in [-0.1, -0.05) is 18.5 Å². The maximum Gasteiger partial charge on any atom is 0.319 e. The molecule has 6 heteroatoms. The van der Waals surface area contributed by atoms with Gasteiger partial charge in [0.15, 0.2) is 0 Å². The van der Waals surface area contributed by atoms with Crippen molar-refractivity contribution in [2.45, 2.75) is 38.6 Å². The summed E-state index contributed by atoms with van der Waals surface area (Å²) in [7, 11) is 0. The van der Waals surface area contributed by atoms with Crippen LogP contribution >= 0.6 is 11.6 Å². The number of hydrogen-bond acceptors (Lipinski definition) is 3. The minimum Gasteiger partial charge on any atom is -0.394 e. The number of amides is 2. The van der Waals surface area contributed by atoms with Gasteiger partial charge in [-0.05, 0) is 44.4 Å². The molecule has 0 spiro atoms. The van der Waals surface area contributed by atoms with Crippen molar-refractivity contribution in [1.82, 2.24) is 5.32 Å². The molecule has 5 nitrogen and oxygen atoms in total. The van der Waals surface area contributed by atoms with E-state index in [1.165, 1.54) is 12.8 Å². The van der Waals surface area contributed by atoms with Gasteiger partial charge in [0, 0.05) is 18.8 Å². The van der Waals surface area contributed by atoms with Crippen molar-refractivity contribution in [3.05, 3.63) is 23.2 Å². The predicted octanol–water partition coefficient (Wildman–Crippen LogP) is 3.22. The summed E-state index contributed by atoms with van der Waals surface area (Å²) < 4.78 is 0. The van der Waals surface area contributed by atoms with Crippen LogP contribution in [0.3, 0.4) is 0 Å². The van der Waals surface area contributed by atoms with Gasteiger partial charge in [-0.25, -0.2) is 4.79 Å². The minimum atomic E-state index is -0.622. The number of nitrogens with zero attached hydrogens (tertiary/aromatic N) is 1. The van der Waals surface area contributed by atoms with Crippen LogP contribution in [-0.4, -0.2) is 36.4 Å². The van der Waals surface area contributed by atoms with E-state index >= 15 is 0 Å². The number of rotatable bonds is 5. The van der Waals surface area contributed by atoms with Crippen LogP contribution < -0.4 is 15.5 Å². The number of benzene rings is 1. The van der Waals surface area contributed by atoms with Gasteiger partial charge in [0.05, 0.1) is 22.9 Å². The molecule has 22 heavy (non-hydrogen) atoms. The van der Waals surface area contributed by atoms with Crippen LogP contribution in [0.5, 0.6) is 0 Å². The van der Waals surface area contributed by atoms with E-state index in [-0.39, 0.29) is 12.6 Å². The molecule has 2 amide bonds. The Bertz CT molecular complexity index is 526. The summed E-state index contributed by atoms with van der Waals surface area (Å²) in [6.45, 7) is 5.66. The lowest BCUT2D eigenvalue weighted by Gasteiger charge is -2.27. The Labute approximate surface area is 136 Å². The molecule has 1 heterocycles. The normalized spacial score (nSPS) is 17.2. The summed E-state index contributed by atoms with van der Waals surface area (Å²) in [4.78, 5) is 14.3. The first-order valence-corrected chi connectivity index (χ1v) is 8.10. The van der Waals surface area contributed by atoms with Gasteiger partial charge >= 0.3 is 6.03 Å². The lowest BCUT2D eigenvalue weighted by Crippen LogP contribution is -2.50. The molecule has 1 saturated heterocycles. The minimum absolute atomic E-state index is 0.106. The highest BCUT2D eigenvalue weighted by atomic mass is 35.5. The fourth-order valence-electron chi connectivity index (χ4n) is 2.48. The second kappa shape index (κ2) is 7.20. The van der Waals surface area contributed by atoms with Gasteiger partial charge in [0.1, 0.15) is 0 Å². The molecule has 0 bridgehead atoms. The number of anilines is 2. The standard InChI is InChI=1S/C16H24ClN3O2/c1-3-16(2,11-21)19-15(22)18-12-6-7-14(13(17)10-12)20-8-4-5-9-20/h6-7,10,21H,3-5,8-9,11H2,1-2H3,(H2,18,19,22). The first-order valence-electron chi connectivity index (χ1n) is 7.72. The lowest BCUT2D eigenvalue weighted by molar-refractivity contribution is 0.172. The third kappa shape index (κ3) is 4.05. The zero-order chi connectivity index (χ0) is 16.2. The first-order chi connectivity index (χ1) is 10.5. The highest BCUT2D eigenvalue weighted by molar-refractivity contribution is 6.33. The third-order valence-corrected chi connectivity index (χ3v) is 4.50. The molecule has 0 aliphatic carbocycles. The van der Waals surface area contributed by atoms with Crippen molar-refractivity contribution in [2.75, 3.05) is 29.9 Å². The van der Waals surface area contributed by atoms with E-state index in [0.717, 1.165) is 18.8 Å². The molecule has 3 N–H and O–H groups in total. The fourth-order valence-corrected chi connectivity index (χ4v) is 2.78. The van der Waals surface area contributed by atoms with E-state index < -0.39 is 5.54 Å². The molecule has 1 fully saturated rings. The van der Waals surface area contributed by atoms with Crippen molar-refractivity contribution in [2.24, 2.45) is 0 Å². The molecule has 1 aromatic rings. The number of nitrogens with one attached hydrogen (secondary N) is 2. The van der Waals surface area contributed by atoms with Gasteiger partial charge in [0.25, 0.3) is 0 Å². The van der Waals surface area contributed by atoms with E-state index in [2.05, 4.69) is 15.5 Å². The molecular formula is C16H24ClN3O2. The Kier molecular flexibility index (Phi) is 5.53. The largest absolute Gasteiger partial charge is 0.394 e. The summed E-state index contributed by atoms with van der Waals surface area (Å²) in [5, 5.41) is 15.5. The van der Waals surface area contributed by atoms with E-state index in [9.17, 15) is 9.90 Å². The number of halogens is 1. The maximum atomic E-state index is 12.0. The Morgan fingerprint density at radius 1 is 1.41 bits per heavy atom. The molecule has 0 radical (unpaired) electrons. The number of carbonyl (C=O) groups is 1. The van der Waals surface area contributed by atoms with E-state index in [4.69, 9.17) is 11.6 Å². The van der Waals surface area contributed by atoms with Crippen LogP contribution in [0.2, 0.25) is 5.02 Å². The molecule has 0 aromatic heterocycles. The van der Waals surface area contributed by atoms with Crippen molar-refractivity contribution in [3.8, 4) is 0 Å². The Morgan fingerprint density at radius 2 is 2.09 bits per heavy atom. The average molecular weight is 326 g/mol. The maximum absolute atomic E-state index is 12.0. The summed E-state index contributed by atoms with van der Waals surface area (Å²) in [5.74, 6) is 0. The summed E-state index contributed by atoms with van der Waals surface area (Å²) in [6, 6.07) is 5.20. The van der Waals surface area contributed by atoms with Crippen LogP contribution in [0.1, 0.15) is 33.1 Å². The first kappa shape index (κ1) is 16.9. The monoisotopic (exact) mass is 325 g/mol. The van der Waals surface area contributed by atoms with E-state index in [1.807, 2.05) is 19.1 Å². The van der Waals surface area contributed by atoms with Gasteiger partial charge in [-0.3, -0.25) is 0 Å². The molecule has 1 unspecified atom stereocenters. The summed E-state index contributed by atoms with van der Waals surface area (Å²) in [5.41, 5.74) is 1.03. The van der Waals surface area contributed by atoms with E-state index in [1.54, 1.807) is 13.0 Å². The smallest absolute Gasteiger partial charge is 0.319 e. The highest BCUT2D eigenvalue weighted by Crippen LogP contribution is 2.31. The second-order valence-corrected chi connectivity index (χ2v) is 6.42. The number of carbonyl (C=O) groups excluding carboxylic acids is 1. The number of hydrogen-bond donors (Lipinski definition) is 3. The van der Waals surface area contributed by atoms with Crippen molar-refractivity contribution < 1.29 is 9.90 Å². The van der Waals surface area contributed by atoms with Crippen LogP contribution in [0, 0.1) is 0 Å². The Morgan fingerprint density at radius 3 is 2.64 bits per heavy atom. The zero-order valence-corrected chi connectivity index (χ0v) is 13.9. The zero-order valence-electron chi connectivity index (χ0n) is 13.2. The van der Waals surface area contributed by atoms with Gasteiger partial charge in [0.2, 0.25) is 0 Å². The molecule has 1 aromatic carbocycles. The van der Waals surface area contributed by atoms with E-state index in [0.29, 0.717) is 17.1 Å². The van der Waals surface area contributed by atoms with Crippen LogP contribution in [0.25, 0.3) is 0 Å². The third-order valence-electron chi connectivity index (χ3n) is 4.20. The number of aliphatic hydroxyl groups excluding tert-OH is 1. The molecule has 0 saturated carbocycles. The van der Waals surface area contributed by atoms with Crippen LogP contribution in [0.15, 0.2) is 18.2 Å². The van der Waals surface area contributed by atoms with Gasteiger partial charge in [-0.2, -0.15) is 0 Å². The SMILES string of the molecule is CCC(C)(CO)NC(=O)Nc1ccc(N2CCCC2)c(Cl)c1. The Balaban J connectivity index is 2.01.